The zero-order valence-corrected chi connectivity index (χ0v) is 16.1. The maximum Gasteiger partial charge on any atom is 0.134 e. The van der Waals surface area contributed by atoms with Crippen molar-refractivity contribution >= 4 is 0 Å². The van der Waals surface area contributed by atoms with Gasteiger partial charge >= 0.3 is 0 Å². The van der Waals surface area contributed by atoms with E-state index in [1.165, 1.54) is 16.7 Å². The van der Waals surface area contributed by atoms with E-state index in [9.17, 15) is 0 Å². The number of aromatic nitrogens is 3. The summed E-state index contributed by atoms with van der Waals surface area (Å²) in [5.41, 5.74) is 4.17. The SMILES string of the molecule is CCc1ccc(CN2CCc3nnc(CCc4ccccc4)n3CC2)cc1. The van der Waals surface area contributed by atoms with Crippen molar-refractivity contribution in [2.75, 3.05) is 13.1 Å². The zero-order valence-electron chi connectivity index (χ0n) is 16.1. The molecule has 0 unspecified atom stereocenters. The minimum atomic E-state index is 0.954. The Kier molecular flexibility index (Phi) is 5.64. The second kappa shape index (κ2) is 8.49. The van der Waals surface area contributed by atoms with Crippen LogP contribution in [0.1, 0.15) is 35.3 Å². The summed E-state index contributed by atoms with van der Waals surface area (Å²) < 4.78 is 2.35. The van der Waals surface area contributed by atoms with Crippen LogP contribution in [-0.4, -0.2) is 32.8 Å². The quantitative estimate of drug-likeness (QED) is 0.672. The van der Waals surface area contributed by atoms with Crippen LogP contribution in [-0.2, 0) is 38.8 Å². The first kappa shape index (κ1) is 17.9. The average molecular weight is 361 g/mol. The number of nitrogens with zero attached hydrogens (tertiary/aromatic N) is 4. The van der Waals surface area contributed by atoms with Crippen molar-refractivity contribution in [3.8, 4) is 0 Å². The molecule has 0 saturated carbocycles. The molecular formula is C23H28N4. The van der Waals surface area contributed by atoms with Gasteiger partial charge in [0.1, 0.15) is 11.6 Å². The van der Waals surface area contributed by atoms with Gasteiger partial charge in [-0.25, -0.2) is 0 Å². The van der Waals surface area contributed by atoms with Crippen LogP contribution < -0.4 is 0 Å². The minimum Gasteiger partial charge on any atom is -0.314 e. The van der Waals surface area contributed by atoms with E-state index in [2.05, 4.69) is 81.2 Å². The molecule has 4 rings (SSSR count). The summed E-state index contributed by atoms with van der Waals surface area (Å²) in [6.45, 7) is 6.31. The first-order valence-electron chi connectivity index (χ1n) is 10.1. The van der Waals surface area contributed by atoms with E-state index < -0.39 is 0 Å². The monoisotopic (exact) mass is 360 g/mol. The fourth-order valence-corrected chi connectivity index (χ4v) is 3.81. The first-order chi connectivity index (χ1) is 13.3. The molecule has 0 saturated heterocycles. The number of aryl methyl sites for hydroxylation is 3. The van der Waals surface area contributed by atoms with Gasteiger partial charge in [0, 0.05) is 39.0 Å². The molecule has 3 aromatic rings. The van der Waals surface area contributed by atoms with Crippen LogP contribution in [0.25, 0.3) is 0 Å². The van der Waals surface area contributed by atoms with Crippen LogP contribution in [0, 0.1) is 0 Å². The molecule has 1 aromatic heterocycles. The lowest BCUT2D eigenvalue weighted by molar-refractivity contribution is 0.270. The van der Waals surface area contributed by atoms with Crippen molar-refractivity contribution in [3.05, 3.63) is 82.9 Å². The van der Waals surface area contributed by atoms with Crippen molar-refractivity contribution in [2.24, 2.45) is 0 Å². The molecule has 0 N–H and O–H groups in total. The fraction of sp³-hybridized carbons (Fsp3) is 0.391. The van der Waals surface area contributed by atoms with Gasteiger partial charge in [-0.15, -0.1) is 10.2 Å². The van der Waals surface area contributed by atoms with E-state index in [-0.39, 0.29) is 0 Å². The predicted octanol–water partition coefficient (Wildman–Crippen LogP) is 3.68. The van der Waals surface area contributed by atoms with Gasteiger partial charge in [-0.1, -0.05) is 61.5 Å². The smallest absolute Gasteiger partial charge is 0.134 e. The van der Waals surface area contributed by atoms with Crippen LogP contribution in [0.4, 0.5) is 0 Å². The van der Waals surface area contributed by atoms with E-state index in [1.54, 1.807) is 0 Å². The minimum absolute atomic E-state index is 0.954. The molecule has 2 heterocycles. The number of benzene rings is 2. The Hall–Kier alpha value is -2.46. The summed E-state index contributed by atoms with van der Waals surface area (Å²) in [7, 11) is 0. The molecule has 140 valence electrons. The van der Waals surface area contributed by atoms with Gasteiger partial charge in [0.05, 0.1) is 0 Å². The molecule has 0 spiro atoms. The second-order valence-corrected chi connectivity index (χ2v) is 7.37. The van der Waals surface area contributed by atoms with E-state index in [1.807, 2.05) is 0 Å². The molecule has 4 nitrogen and oxygen atoms in total. The lowest BCUT2D eigenvalue weighted by Crippen LogP contribution is -2.26. The van der Waals surface area contributed by atoms with Crippen LogP contribution in [0.15, 0.2) is 54.6 Å². The molecular weight excluding hydrogens is 332 g/mol. The molecule has 0 radical (unpaired) electrons. The van der Waals surface area contributed by atoms with Gasteiger partial charge in [0.15, 0.2) is 0 Å². The Morgan fingerprint density at radius 3 is 2.33 bits per heavy atom. The number of hydrogen-bond donors (Lipinski definition) is 0. The summed E-state index contributed by atoms with van der Waals surface area (Å²) in [4.78, 5) is 2.54. The second-order valence-electron chi connectivity index (χ2n) is 7.37. The standard InChI is InChI=1S/C23H28N4/c1-2-19-8-10-21(11-9-19)18-26-15-14-23-25-24-22(27(23)17-16-26)13-12-20-6-4-3-5-7-20/h3-11H,2,12-18H2,1H3. The summed E-state index contributed by atoms with van der Waals surface area (Å²) in [6.07, 6.45) is 4.05. The van der Waals surface area contributed by atoms with Crippen LogP contribution in [0.5, 0.6) is 0 Å². The summed E-state index contributed by atoms with van der Waals surface area (Å²) in [5, 5.41) is 8.96. The summed E-state index contributed by atoms with van der Waals surface area (Å²) in [6, 6.07) is 19.7. The molecule has 0 amide bonds. The van der Waals surface area contributed by atoms with Crippen LogP contribution in [0.3, 0.4) is 0 Å². The van der Waals surface area contributed by atoms with Gasteiger partial charge in [0.25, 0.3) is 0 Å². The first-order valence-corrected chi connectivity index (χ1v) is 10.1. The maximum atomic E-state index is 4.48. The highest BCUT2D eigenvalue weighted by atomic mass is 15.3. The highest BCUT2D eigenvalue weighted by Crippen LogP contribution is 2.15. The topological polar surface area (TPSA) is 34.0 Å². The van der Waals surface area contributed by atoms with Crippen LogP contribution >= 0.6 is 0 Å². The van der Waals surface area contributed by atoms with Crippen molar-refractivity contribution in [3.63, 3.8) is 0 Å². The Morgan fingerprint density at radius 1 is 0.778 bits per heavy atom. The number of hydrogen-bond acceptors (Lipinski definition) is 3. The molecule has 0 bridgehead atoms. The van der Waals surface area contributed by atoms with Gasteiger partial charge in [-0.05, 0) is 29.5 Å². The van der Waals surface area contributed by atoms with Gasteiger partial charge in [-0.3, -0.25) is 4.90 Å². The Labute approximate surface area is 161 Å². The molecule has 0 atom stereocenters. The molecule has 2 aromatic carbocycles. The summed E-state index contributed by atoms with van der Waals surface area (Å²) in [5.74, 6) is 2.27. The zero-order chi connectivity index (χ0) is 18.5. The maximum absolute atomic E-state index is 4.48. The number of rotatable bonds is 6. The largest absolute Gasteiger partial charge is 0.314 e. The third-order valence-corrected chi connectivity index (χ3v) is 5.51. The van der Waals surface area contributed by atoms with Gasteiger partial charge in [-0.2, -0.15) is 0 Å². The van der Waals surface area contributed by atoms with E-state index >= 15 is 0 Å². The number of fused-ring (bicyclic) bond motifs is 1. The molecule has 1 aliphatic rings. The highest BCUT2D eigenvalue weighted by molar-refractivity contribution is 5.22. The van der Waals surface area contributed by atoms with Crippen molar-refractivity contribution < 1.29 is 0 Å². The lowest BCUT2D eigenvalue weighted by atomic mass is 10.1. The van der Waals surface area contributed by atoms with Crippen molar-refractivity contribution in [1.82, 2.24) is 19.7 Å². The highest BCUT2D eigenvalue weighted by Gasteiger charge is 2.18. The van der Waals surface area contributed by atoms with Crippen molar-refractivity contribution in [2.45, 2.75) is 45.7 Å². The molecule has 1 aliphatic heterocycles. The van der Waals surface area contributed by atoms with E-state index in [0.29, 0.717) is 0 Å². The molecule has 0 aliphatic carbocycles. The molecule has 0 fully saturated rings. The van der Waals surface area contributed by atoms with Gasteiger partial charge < -0.3 is 4.57 Å². The van der Waals surface area contributed by atoms with E-state index in [4.69, 9.17) is 0 Å². The van der Waals surface area contributed by atoms with Gasteiger partial charge in [0.2, 0.25) is 0 Å². The third-order valence-electron chi connectivity index (χ3n) is 5.51. The molecule has 4 heteroatoms. The Morgan fingerprint density at radius 2 is 1.56 bits per heavy atom. The third kappa shape index (κ3) is 4.45. The molecule has 27 heavy (non-hydrogen) atoms. The fourth-order valence-electron chi connectivity index (χ4n) is 3.81. The van der Waals surface area contributed by atoms with Crippen molar-refractivity contribution in [1.29, 1.82) is 0 Å². The summed E-state index contributed by atoms with van der Waals surface area (Å²) >= 11 is 0. The van der Waals surface area contributed by atoms with E-state index in [0.717, 1.165) is 63.5 Å². The lowest BCUT2D eigenvalue weighted by Gasteiger charge is -2.19. The predicted molar refractivity (Wildman–Crippen MR) is 109 cm³/mol. The Bertz CT molecular complexity index is 852. The average Bonchev–Trinajstić information content (AvgIpc) is 3.00. The van der Waals surface area contributed by atoms with Crippen LogP contribution in [0.2, 0.25) is 0 Å². The Balaban J connectivity index is 1.37. The normalized spacial score (nSPS) is 14.7.